The lowest BCUT2D eigenvalue weighted by atomic mass is 10.1. The molecule has 1 saturated heterocycles. The topological polar surface area (TPSA) is 100 Å². The molecule has 2 amide bonds. The highest BCUT2D eigenvalue weighted by molar-refractivity contribution is 5.96. The fourth-order valence-corrected chi connectivity index (χ4v) is 2.53. The van der Waals surface area contributed by atoms with Gasteiger partial charge in [0.25, 0.3) is 5.91 Å². The van der Waals surface area contributed by atoms with Gasteiger partial charge in [0.1, 0.15) is 5.82 Å². The van der Waals surface area contributed by atoms with E-state index < -0.39 is 0 Å². The molecule has 23 heavy (non-hydrogen) atoms. The Morgan fingerprint density at radius 3 is 3.00 bits per heavy atom. The number of nitrogens with zero attached hydrogens (tertiary/aromatic N) is 3. The maximum absolute atomic E-state index is 12.8. The summed E-state index contributed by atoms with van der Waals surface area (Å²) in [5, 5.41) is 9.40. The second-order valence-electron chi connectivity index (χ2n) is 5.21. The van der Waals surface area contributed by atoms with Gasteiger partial charge in [0.05, 0.1) is 24.9 Å². The predicted octanol–water partition coefficient (Wildman–Crippen LogP) is 0.977. The van der Waals surface area contributed by atoms with E-state index in [1.807, 2.05) is 6.07 Å². The molecule has 3 heterocycles. The fraction of sp³-hybridized carbons (Fsp3) is 0.333. The zero-order valence-corrected chi connectivity index (χ0v) is 12.7. The van der Waals surface area contributed by atoms with Gasteiger partial charge in [-0.05, 0) is 18.2 Å². The standard InChI is InChI=1S/C15H17N5O3/c1-10(21)18-14-8-11(2-4-16-14)15(22)20-6-7-23-9-13(20)12-3-5-17-19-12/h2-5,8,13H,6-7,9H2,1H3,(H,17,19)(H,16,18,21)/t13-/m0/s1. The Balaban J connectivity index is 1.84. The number of ether oxygens (including phenoxy) is 1. The van der Waals surface area contributed by atoms with Crippen LogP contribution in [0.25, 0.3) is 0 Å². The smallest absolute Gasteiger partial charge is 0.254 e. The van der Waals surface area contributed by atoms with Crippen molar-refractivity contribution >= 4 is 17.6 Å². The van der Waals surface area contributed by atoms with Crippen LogP contribution in [0, 0.1) is 0 Å². The summed E-state index contributed by atoms with van der Waals surface area (Å²) in [4.78, 5) is 29.7. The summed E-state index contributed by atoms with van der Waals surface area (Å²) >= 11 is 0. The SMILES string of the molecule is CC(=O)Nc1cc(C(=O)N2CCOC[C@H]2c2ccn[nH]2)ccn1. The van der Waals surface area contributed by atoms with Gasteiger partial charge in [-0.25, -0.2) is 4.98 Å². The van der Waals surface area contributed by atoms with Crippen LogP contribution in [0.15, 0.2) is 30.6 Å². The van der Waals surface area contributed by atoms with Crippen molar-refractivity contribution in [2.45, 2.75) is 13.0 Å². The summed E-state index contributed by atoms with van der Waals surface area (Å²) in [6.07, 6.45) is 3.15. The van der Waals surface area contributed by atoms with E-state index in [0.717, 1.165) is 5.69 Å². The number of pyridine rings is 1. The fourth-order valence-electron chi connectivity index (χ4n) is 2.53. The Morgan fingerprint density at radius 2 is 2.26 bits per heavy atom. The van der Waals surface area contributed by atoms with Gasteiger partial charge in [0.15, 0.2) is 0 Å². The highest BCUT2D eigenvalue weighted by Crippen LogP contribution is 2.24. The van der Waals surface area contributed by atoms with E-state index in [9.17, 15) is 9.59 Å². The van der Waals surface area contributed by atoms with Crippen LogP contribution in [-0.4, -0.2) is 51.7 Å². The van der Waals surface area contributed by atoms with Crippen LogP contribution in [0.1, 0.15) is 29.0 Å². The molecule has 2 N–H and O–H groups in total. The lowest BCUT2D eigenvalue weighted by Crippen LogP contribution is -2.43. The van der Waals surface area contributed by atoms with Crippen molar-refractivity contribution in [1.29, 1.82) is 0 Å². The summed E-state index contributed by atoms with van der Waals surface area (Å²) in [7, 11) is 0. The number of rotatable bonds is 3. The van der Waals surface area contributed by atoms with Crippen molar-refractivity contribution in [1.82, 2.24) is 20.1 Å². The van der Waals surface area contributed by atoms with Crippen molar-refractivity contribution in [2.75, 3.05) is 25.1 Å². The molecule has 3 rings (SSSR count). The summed E-state index contributed by atoms with van der Waals surface area (Å²) in [5.41, 5.74) is 1.30. The molecular weight excluding hydrogens is 298 g/mol. The largest absolute Gasteiger partial charge is 0.377 e. The second kappa shape index (κ2) is 6.57. The Kier molecular flexibility index (Phi) is 4.33. The third kappa shape index (κ3) is 3.37. The number of H-pyrrole nitrogens is 1. The molecule has 1 atom stereocenters. The molecule has 8 heteroatoms. The summed E-state index contributed by atoms with van der Waals surface area (Å²) in [5.74, 6) is -0.0135. The maximum Gasteiger partial charge on any atom is 0.254 e. The minimum atomic E-state index is -0.233. The summed E-state index contributed by atoms with van der Waals surface area (Å²) in [6.45, 7) is 2.78. The third-order valence-electron chi connectivity index (χ3n) is 3.58. The first-order valence-corrected chi connectivity index (χ1v) is 7.27. The average molecular weight is 315 g/mol. The number of anilines is 1. The van der Waals surface area contributed by atoms with Gasteiger partial charge in [-0.1, -0.05) is 0 Å². The minimum Gasteiger partial charge on any atom is -0.377 e. The molecular formula is C15H17N5O3. The molecule has 0 radical (unpaired) electrons. The molecule has 0 aliphatic carbocycles. The molecule has 0 bridgehead atoms. The lowest BCUT2D eigenvalue weighted by molar-refractivity contribution is -0.114. The number of hydrogen-bond acceptors (Lipinski definition) is 5. The molecule has 2 aromatic rings. The molecule has 0 saturated carbocycles. The van der Waals surface area contributed by atoms with Crippen molar-refractivity contribution < 1.29 is 14.3 Å². The first-order valence-electron chi connectivity index (χ1n) is 7.27. The van der Waals surface area contributed by atoms with Crippen molar-refractivity contribution in [2.24, 2.45) is 0 Å². The van der Waals surface area contributed by atoms with Gasteiger partial charge in [-0.2, -0.15) is 5.10 Å². The van der Waals surface area contributed by atoms with E-state index in [-0.39, 0.29) is 17.9 Å². The zero-order valence-electron chi connectivity index (χ0n) is 12.7. The van der Waals surface area contributed by atoms with Crippen molar-refractivity contribution in [3.63, 3.8) is 0 Å². The normalized spacial score (nSPS) is 17.8. The predicted molar refractivity (Wildman–Crippen MR) is 81.7 cm³/mol. The van der Waals surface area contributed by atoms with Gasteiger partial charge in [0, 0.05) is 31.4 Å². The molecule has 0 spiro atoms. The van der Waals surface area contributed by atoms with Gasteiger partial charge in [-0.3, -0.25) is 14.7 Å². The molecule has 8 nitrogen and oxygen atoms in total. The van der Waals surface area contributed by atoms with Crippen LogP contribution in [0.4, 0.5) is 5.82 Å². The number of aromatic amines is 1. The van der Waals surface area contributed by atoms with Crippen LogP contribution >= 0.6 is 0 Å². The Bertz CT molecular complexity index is 701. The maximum atomic E-state index is 12.8. The third-order valence-corrected chi connectivity index (χ3v) is 3.58. The van der Waals surface area contributed by atoms with Crippen LogP contribution < -0.4 is 5.32 Å². The van der Waals surface area contributed by atoms with Crippen LogP contribution in [-0.2, 0) is 9.53 Å². The Morgan fingerprint density at radius 1 is 1.39 bits per heavy atom. The van der Waals surface area contributed by atoms with Gasteiger partial charge >= 0.3 is 0 Å². The number of carbonyl (C=O) groups excluding carboxylic acids is 2. The minimum absolute atomic E-state index is 0.137. The summed E-state index contributed by atoms with van der Waals surface area (Å²) < 4.78 is 5.49. The van der Waals surface area contributed by atoms with Crippen LogP contribution in [0.2, 0.25) is 0 Å². The summed E-state index contributed by atoms with van der Waals surface area (Å²) in [6, 6.07) is 4.82. The second-order valence-corrected chi connectivity index (χ2v) is 5.21. The van der Waals surface area contributed by atoms with E-state index in [1.165, 1.54) is 13.1 Å². The lowest BCUT2D eigenvalue weighted by Gasteiger charge is -2.35. The quantitative estimate of drug-likeness (QED) is 0.879. The average Bonchev–Trinajstić information content (AvgIpc) is 3.08. The van der Waals surface area contributed by atoms with Gasteiger partial charge in [-0.15, -0.1) is 0 Å². The molecule has 0 unspecified atom stereocenters. The van der Waals surface area contributed by atoms with Gasteiger partial charge in [0.2, 0.25) is 5.91 Å². The van der Waals surface area contributed by atoms with E-state index in [2.05, 4.69) is 20.5 Å². The molecule has 1 aliphatic rings. The van der Waals surface area contributed by atoms with Crippen molar-refractivity contribution in [3.8, 4) is 0 Å². The number of hydrogen-bond donors (Lipinski definition) is 2. The van der Waals surface area contributed by atoms with Crippen LogP contribution in [0.3, 0.4) is 0 Å². The van der Waals surface area contributed by atoms with E-state index in [1.54, 1.807) is 23.2 Å². The monoisotopic (exact) mass is 315 g/mol. The molecule has 1 fully saturated rings. The number of morpholine rings is 1. The van der Waals surface area contributed by atoms with E-state index in [4.69, 9.17) is 4.74 Å². The molecule has 2 aromatic heterocycles. The van der Waals surface area contributed by atoms with Crippen molar-refractivity contribution in [3.05, 3.63) is 41.9 Å². The first kappa shape index (κ1) is 15.2. The molecule has 1 aliphatic heterocycles. The number of carbonyl (C=O) groups is 2. The first-order chi connectivity index (χ1) is 11.1. The Labute approximate surface area is 132 Å². The Hall–Kier alpha value is -2.74. The zero-order chi connectivity index (χ0) is 16.2. The number of aromatic nitrogens is 3. The number of nitrogens with one attached hydrogen (secondary N) is 2. The van der Waals surface area contributed by atoms with Gasteiger partial charge < -0.3 is 15.0 Å². The van der Waals surface area contributed by atoms with E-state index in [0.29, 0.717) is 31.1 Å². The number of amides is 2. The highest BCUT2D eigenvalue weighted by Gasteiger charge is 2.30. The van der Waals surface area contributed by atoms with Crippen LogP contribution in [0.5, 0.6) is 0 Å². The molecule has 0 aromatic carbocycles. The molecule has 120 valence electrons. The highest BCUT2D eigenvalue weighted by atomic mass is 16.5. The van der Waals surface area contributed by atoms with E-state index >= 15 is 0 Å².